The van der Waals surface area contributed by atoms with E-state index >= 15 is 0 Å². The van der Waals surface area contributed by atoms with Crippen molar-refractivity contribution in [2.75, 3.05) is 7.11 Å². The first-order valence-corrected chi connectivity index (χ1v) is 3.72. The van der Waals surface area contributed by atoms with E-state index in [-0.39, 0.29) is 0 Å². The molecule has 0 spiro atoms. The van der Waals surface area contributed by atoms with Gasteiger partial charge in [-0.1, -0.05) is 5.46 Å². The SMILES string of the molecule is [B]c1c[nH]c2ccc(OC)cc12. The van der Waals surface area contributed by atoms with Gasteiger partial charge in [-0.3, -0.25) is 0 Å². The quantitative estimate of drug-likeness (QED) is 0.613. The lowest BCUT2D eigenvalue weighted by Gasteiger charge is -1.98. The molecule has 58 valence electrons. The molecule has 0 aliphatic heterocycles. The molecule has 0 fully saturated rings. The van der Waals surface area contributed by atoms with Crippen molar-refractivity contribution in [1.29, 1.82) is 0 Å². The topological polar surface area (TPSA) is 25.0 Å². The molecule has 2 rings (SSSR count). The zero-order valence-corrected chi connectivity index (χ0v) is 6.79. The van der Waals surface area contributed by atoms with E-state index in [1.165, 1.54) is 0 Å². The summed E-state index contributed by atoms with van der Waals surface area (Å²) in [6.07, 6.45) is 1.78. The predicted molar refractivity (Wildman–Crippen MR) is 50.2 cm³/mol. The third kappa shape index (κ3) is 0.980. The van der Waals surface area contributed by atoms with Gasteiger partial charge >= 0.3 is 0 Å². The molecule has 1 N–H and O–H groups in total. The lowest BCUT2D eigenvalue weighted by molar-refractivity contribution is 0.415. The average molecular weight is 157 g/mol. The van der Waals surface area contributed by atoms with Crippen LogP contribution in [0.2, 0.25) is 0 Å². The van der Waals surface area contributed by atoms with E-state index in [9.17, 15) is 0 Å². The number of benzene rings is 1. The van der Waals surface area contributed by atoms with E-state index in [2.05, 4.69) is 4.98 Å². The van der Waals surface area contributed by atoms with Gasteiger partial charge in [0.05, 0.1) is 7.11 Å². The summed E-state index contributed by atoms with van der Waals surface area (Å²) in [5.41, 5.74) is 1.79. The lowest BCUT2D eigenvalue weighted by Crippen LogP contribution is -1.97. The van der Waals surface area contributed by atoms with E-state index < -0.39 is 0 Å². The molecule has 0 amide bonds. The maximum Gasteiger partial charge on any atom is 0.119 e. The van der Waals surface area contributed by atoms with Crippen LogP contribution in [0.1, 0.15) is 0 Å². The minimum absolute atomic E-state index is 0.754. The Hall–Kier alpha value is -1.38. The number of hydrogen-bond donors (Lipinski definition) is 1. The van der Waals surface area contributed by atoms with Gasteiger partial charge in [0, 0.05) is 5.52 Å². The van der Waals surface area contributed by atoms with Crippen molar-refractivity contribution in [3.8, 4) is 5.75 Å². The summed E-state index contributed by atoms with van der Waals surface area (Å²) in [5, 5.41) is 1.01. The van der Waals surface area contributed by atoms with Crippen molar-refractivity contribution in [2.24, 2.45) is 0 Å². The van der Waals surface area contributed by atoms with E-state index in [0.717, 1.165) is 22.1 Å². The number of H-pyrrole nitrogens is 1. The van der Waals surface area contributed by atoms with Gasteiger partial charge in [0.25, 0.3) is 0 Å². The van der Waals surface area contributed by atoms with Crippen molar-refractivity contribution in [2.45, 2.75) is 0 Å². The van der Waals surface area contributed by atoms with Crippen molar-refractivity contribution in [1.82, 2.24) is 4.98 Å². The Bertz CT molecular complexity index is 408. The number of ether oxygens (including phenoxy) is 1. The van der Waals surface area contributed by atoms with Crippen LogP contribution in [-0.2, 0) is 0 Å². The second-order valence-electron chi connectivity index (χ2n) is 2.66. The van der Waals surface area contributed by atoms with Gasteiger partial charge in [-0.05, 0) is 29.8 Å². The Labute approximate surface area is 72.0 Å². The highest BCUT2D eigenvalue weighted by Gasteiger charge is 1.99. The summed E-state index contributed by atoms with van der Waals surface area (Å²) in [5.74, 6) is 0.828. The number of aromatic amines is 1. The molecule has 3 heteroatoms. The molecule has 2 radical (unpaired) electrons. The van der Waals surface area contributed by atoms with E-state index in [1.807, 2.05) is 18.2 Å². The van der Waals surface area contributed by atoms with Crippen molar-refractivity contribution >= 4 is 24.2 Å². The van der Waals surface area contributed by atoms with Gasteiger partial charge < -0.3 is 9.72 Å². The zero-order chi connectivity index (χ0) is 8.55. The number of methoxy groups -OCH3 is 1. The minimum Gasteiger partial charge on any atom is -0.497 e. The van der Waals surface area contributed by atoms with Crippen LogP contribution in [-0.4, -0.2) is 19.9 Å². The summed E-state index contributed by atoms with van der Waals surface area (Å²) < 4.78 is 5.08. The van der Waals surface area contributed by atoms with Crippen LogP contribution in [0.25, 0.3) is 10.9 Å². The Balaban J connectivity index is 2.71. The first kappa shape index (κ1) is 7.28. The summed E-state index contributed by atoms with van der Waals surface area (Å²) in [6, 6.07) is 5.77. The highest BCUT2D eigenvalue weighted by molar-refractivity contribution is 6.38. The molecular weight excluding hydrogens is 149 g/mol. The monoisotopic (exact) mass is 157 g/mol. The summed E-state index contributed by atoms with van der Waals surface area (Å²) in [7, 11) is 7.36. The third-order valence-corrected chi connectivity index (χ3v) is 1.92. The molecule has 0 saturated carbocycles. The smallest absolute Gasteiger partial charge is 0.119 e. The number of hydrogen-bond acceptors (Lipinski definition) is 1. The Morgan fingerprint density at radius 2 is 2.25 bits per heavy atom. The molecular formula is C9H8BNO. The van der Waals surface area contributed by atoms with E-state index in [1.54, 1.807) is 13.3 Å². The molecule has 12 heavy (non-hydrogen) atoms. The maximum absolute atomic E-state index is 5.71. The second kappa shape index (κ2) is 2.59. The molecule has 2 aromatic rings. The Morgan fingerprint density at radius 3 is 3.00 bits per heavy atom. The third-order valence-electron chi connectivity index (χ3n) is 1.92. The molecule has 2 nitrogen and oxygen atoms in total. The Kier molecular flexibility index (Phi) is 1.57. The molecule has 0 aliphatic rings. The molecule has 1 heterocycles. The largest absolute Gasteiger partial charge is 0.497 e. The van der Waals surface area contributed by atoms with Crippen molar-refractivity contribution in [3.05, 3.63) is 24.4 Å². The lowest BCUT2D eigenvalue weighted by atomic mass is 9.96. The maximum atomic E-state index is 5.71. The van der Waals surface area contributed by atoms with Crippen LogP contribution in [0, 0.1) is 0 Å². The van der Waals surface area contributed by atoms with Crippen molar-refractivity contribution in [3.63, 3.8) is 0 Å². The fourth-order valence-corrected chi connectivity index (χ4v) is 1.25. The summed E-state index contributed by atoms with van der Waals surface area (Å²) in [4.78, 5) is 3.06. The van der Waals surface area contributed by atoms with Gasteiger partial charge in [-0.2, -0.15) is 0 Å². The number of fused-ring (bicyclic) bond motifs is 1. The molecule has 1 aromatic carbocycles. The predicted octanol–water partition coefficient (Wildman–Crippen LogP) is 0.970. The van der Waals surface area contributed by atoms with E-state index in [0.29, 0.717) is 0 Å². The second-order valence-corrected chi connectivity index (χ2v) is 2.66. The van der Waals surface area contributed by atoms with Gasteiger partial charge in [0.15, 0.2) is 0 Å². The normalized spacial score (nSPS) is 10.4. The fraction of sp³-hybridized carbons (Fsp3) is 0.111. The molecule has 1 aromatic heterocycles. The standard InChI is InChI=1S/C9H8BNO/c1-12-6-2-3-9-7(4-6)8(10)5-11-9/h2-5,11H,1H3. The molecule has 0 saturated heterocycles. The molecule has 0 aliphatic carbocycles. The van der Waals surface area contributed by atoms with Gasteiger partial charge in [-0.25, -0.2) is 0 Å². The number of rotatable bonds is 1. The zero-order valence-electron chi connectivity index (χ0n) is 6.79. The molecule has 0 bridgehead atoms. The molecule has 0 atom stereocenters. The van der Waals surface area contributed by atoms with Crippen LogP contribution in [0.5, 0.6) is 5.75 Å². The first-order valence-electron chi connectivity index (χ1n) is 3.72. The van der Waals surface area contributed by atoms with Gasteiger partial charge in [0.2, 0.25) is 0 Å². The molecule has 0 unspecified atom stereocenters. The Morgan fingerprint density at radius 1 is 1.42 bits per heavy atom. The minimum atomic E-state index is 0.754. The van der Waals surface area contributed by atoms with Crippen molar-refractivity contribution < 1.29 is 4.74 Å². The summed E-state index contributed by atoms with van der Waals surface area (Å²) >= 11 is 0. The number of nitrogens with one attached hydrogen (secondary N) is 1. The van der Waals surface area contributed by atoms with Crippen LogP contribution < -0.4 is 10.2 Å². The van der Waals surface area contributed by atoms with Crippen LogP contribution in [0.15, 0.2) is 24.4 Å². The number of aromatic nitrogens is 1. The fourth-order valence-electron chi connectivity index (χ4n) is 1.25. The van der Waals surface area contributed by atoms with Crippen LogP contribution in [0.3, 0.4) is 0 Å². The average Bonchev–Trinajstić information content (AvgIpc) is 2.47. The first-order chi connectivity index (χ1) is 5.81. The highest BCUT2D eigenvalue weighted by Crippen LogP contribution is 2.17. The highest BCUT2D eigenvalue weighted by atomic mass is 16.5. The van der Waals surface area contributed by atoms with Gasteiger partial charge in [-0.15, -0.1) is 0 Å². The van der Waals surface area contributed by atoms with Crippen LogP contribution >= 0.6 is 0 Å². The van der Waals surface area contributed by atoms with Crippen LogP contribution in [0.4, 0.5) is 0 Å². The van der Waals surface area contributed by atoms with Gasteiger partial charge in [0.1, 0.15) is 13.6 Å². The summed E-state index contributed by atoms with van der Waals surface area (Å²) in [6.45, 7) is 0. The van der Waals surface area contributed by atoms with E-state index in [4.69, 9.17) is 12.6 Å².